The molecular formula is C18H20INO5. The second kappa shape index (κ2) is 9.36. The fraction of sp³-hybridized carbons (Fsp3) is 0.278. The number of amides is 1. The summed E-state index contributed by atoms with van der Waals surface area (Å²) in [5.41, 5.74) is 0.730. The van der Waals surface area contributed by atoms with Gasteiger partial charge in [-0.3, -0.25) is 4.79 Å². The first-order valence-corrected chi connectivity index (χ1v) is 8.59. The zero-order chi connectivity index (χ0) is 18.2. The Hall–Kier alpha value is -2.16. The maximum Gasteiger partial charge on any atom is 0.258 e. The quantitative estimate of drug-likeness (QED) is 0.618. The van der Waals surface area contributed by atoms with Crippen LogP contribution in [-0.2, 0) is 11.3 Å². The maximum absolute atomic E-state index is 12.0. The lowest BCUT2D eigenvalue weighted by molar-refractivity contribution is -0.123. The number of hydrogen-bond donors (Lipinski definition) is 1. The molecule has 0 unspecified atom stereocenters. The van der Waals surface area contributed by atoms with E-state index >= 15 is 0 Å². The van der Waals surface area contributed by atoms with Crippen LogP contribution in [0.5, 0.6) is 23.0 Å². The van der Waals surface area contributed by atoms with Crippen molar-refractivity contribution in [1.82, 2.24) is 5.32 Å². The van der Waals surface area contributed by atoms with E-state index in [1.807, 2.05) is 24.3 Å². The molecule has 0 saturated carbocycles. The number of rotatable bonds is 8. The Balaban J connectivity index is 1.97. The minimum Gasteiger partial charge on any atom is -0.496 e. The van der Waals surface area contributed by atoms with Crippen LogP contribution in [0.4, 0.5) is 0 Å². The highest BCUT2D eigenvalue weighted by molar-refractivity contribution is 14.1. The van der Waals surface area contributed by atoms with E-state index in [1.54, 1.807) is 33.5 Å². The summed E-state index contributed by atoms with van der Waals surface area (Å²) >= 11 is 2.21. The number of carbonyl (C=O) groups excluding carboxylic acids is 1. The van der Waals surface area contributed by atoms with Crippen molar-refractivity contribution >= 4 is 28.5 Å². The number of ether oxygens (including phenoxy) is 4. The lowest BCUT2D eigenvalue weighted by Crippen LogP contribution is -2.28. The van der Waals surface area contributed by atoms with Crippen molar-refractivity contribution in [2.45, 2.75) is 6.54 Å². The van der Waals surface area contributed by atoms with Crippen LogP contribution in [0.25, 0.3) is 0 Å². The highest BCUT2D eigenvalue weighted by atomic mass is 127. The Kier molecular flexibility index (Phi) is 7.17. The van der Waals surface area contributed by atoms with Gasteiger partial charge in [-0.1, -0.05) is 0 Å². The normalized spacial score (nSPS) is 10.1. The summed E-state index contributed by atoms with van der Waals surface area (Å²) in [4.78, 5) is 12.0. The molecule has 7 heteroatoms. The van der Waals surface area contributed by atoms with Crippen LogP contribution in [0.3, 0.4) is 0 Å². The van der Waals surface area contributed by atoms with Crippen molar-refractivity contribution in [3.63, 3.8) is 0 Å². The zero-order valence-corrected chi connectivity index (χ0v) is 16.5. The molecule has 0 atom stereocenters. The summed E-state index contributed by atoms with van der Waals surface area (Å²) < 4.78 is 22.5. The summed E-state index contributed by atoms with van der Waals surface area (Å²) in [5, 5.41) is 2.80. The lowest BCUT2D eigenvalue weighted by atomic mass is 10.1. The fourth-order valence-corrected chi connectivity index (χ4v) is 2.53. The van der Waals surface area contributed by atoms with Gasteiger partial charge in [0.1, 0.15) is 23.0 Å². The van der Waals surface area contributed by atoms with Crippen molar-refractivity contribution in [1.29, 1.82) is 0 Å². The van der Waals surface area contributed by atoms with Gasteiger partial charge in [-0.25, -0.2) is 0 Å². The summed E-state index contributed by atoms with van der Waals surface area (Å²) in [6.07, 6.45) is 0. The minimum atomic E-state index is -0.238. The summed E-state index contributed by atoms with van der Waals surface area (Å²) in [6, 6.07) is 11.0. The Morgan fingerprint density at radius 1 is 0.960 bits per heavy atom. The number of benzene rings is 2. The number of hydrogen-bond acceptors (Lipinski definition) is 5. The van der Waals surface area contributed by atoms with Gasteiger partial charge < -0.3 is 24.3 Å². The standard InChI is InChI=1S/C18H20INO5/c1-22-14-8-16(23-2)15(17(9-14)24-3)10-20-18(21)11-25-13-6-4-12(19)5-7-13/h4-9H,10-11H2,1-3H3,(H,20,21). The van der Waals surface area contributed by atoms with E-state index in [0.717, 1.165) is 9.13 Å². The van der Waals surface area contributed by atoms with E-state index in [0.29, 0.717) is 23.0 Å². The van der Waals surface area contributed by atoms with Gasteiger partial charge in [-0.15, -0.1) is 0 Å². The van der Waals surface area contributed by atoms with E-state index in [1.165, 1.54) is 0 Å². The van der Waals surface area contributed by atoms with Gasteiger partial charge in [-0.2, -0.15) is 0 Å². The Labute approximate surface area is 160 Å². The first-order chi connectivity index (χ1) is 12.1. The smallest absolute Gasteiger partial charge is 0.258 e. The highest BCUT2D eigenvalue weighted by Crippen LogP contribution is 2.33. The van der Waals surface area contributed by atoms with E-state index in [4.69, 9.17) is 18.9 Å². The van der Waals surface area contributed by atoms with Gasteiger partial charge in [0, 0.05) is 15.7 Å². The van der Waals surface area contributed by atoms with E-state index in [-0.39, 0.29) is 19.1 Å². The predicted molar refractivity (Wildman–Crippen MR) is 103 cm³/mol. The van der Waals surface area contributed by atoms with Crippen LogP contribution in [0.2, 0.25) is 0 Å². The van der Waals surface area contributed by atoms with Crippen molar-refractivity contribution in [3.8, 4) is 23.0 Å². The molecule has 0 aliphatic heterocycles. The largest absolute Gasteiger partial charge is 0.496 e. The number of halogens is 1. The van der Waals surface area contributed by atoms with Crippen LogP contribution < -0.4 is 24.3 Å². The Morgan fingerprint density at radius 2 is 1.56 bits per heavy atom. The molecule has 0 heterocycles. The highest BCUT2D eigenvalue weighted by Gasteiger charge is 2.14. The molecule has 0 aliphatic carbocycles. The monoisotopic (exact) mass is 457 g/mol. The lowest BCUT2D eigenvalue weighted by Gasteiger charge is -2.15. The summed E-state index contributed by atoms with van der Waals surface area (Å²) in [5.74, 6) is 2.18. The van der Waals surface area contributed by atoms with Crippen molar-refractivity contribution in [3.05, 3.63) is 45.5 Å². The fourth-order valence-electron chi connectivity index (χ4n) is 2.17. The Morgan fingerprint density at radius 3 is 2.08 bits per heavy atom. The molecule has 2 rings (SSSR count). The van der Waals surface area contributed by atoms with Crippen LogP contribution in [0, 0.1) is 3.57 Å². The van der Waals surface area contributed by atoms with Gasteiger partial charge in [-0.05, 0) is 46.9 Å². The molecule has 6 nitrogen and oxygen atoms in total. The number of nitrogens with one attached hydrogen (secondary N) is 1. The van der Waals surface area contributed by atoms with E-state index in [2.05, 4.69) is 27.9 Å². The molecule has 0 saturated heterocycles. The van der Waals surface area contributed by atoms with E-state index < -0.39 is 0 Å². The van der Waals surface area contributed by atoms with Gasteiger partial charge in [0.2, 0.25) is 0 Å². The third-order valence-corrected chi connectivity index (χ3v) is 4.18. The zero-order valence-electron chi connectivity index (χ0n) is 14.3. The minimum absolute atomic E-state index is 0.0681. The third-order valence-electron chi connectivity index (χ3n) is 3.46. The molecule has 0 spiro atoms. The molecule has 2 aromatic carbocycles. The van der Waals surface area contributed by atoms with Crippen molar-refractivity contribution in [2.24, 2.45) is 0 Å². The first kappa shape index (κ1) is 19.2. The first-order valence-electron chi connectivity index (χ1n) is 7.51. The van der Waals surface area contributed by atoms with E-state index in [9.17, 15) is 4.79 Å². The predicted octanol–water partition coefficient (Wildman–Crippen LogP) is 3.01. The molecule has 2 aromatic rings. The molecule has 25 heavy (non-hydrogen) atoms. The van der Waals surface area contributed by atoms with Gasteiger partial charge in [0.25, 0.3) is 5.91 Å². The average molecular weight is 457 g/mol. The van der Waals surface area contributed by atoms with Crippen molar-refractivity contribution < 1.29 is 23.7 Å². The molecule has 1 amide bonds. The van der Waals surface area contributed by atoms with Gasteiger partial charge in [0.05, 0.1) is 33.4 Å². The molecular weight excluding hydrogens is 437 g/mol. The van der Waals surface area contributed by atoms with Crippen LogP contribution in [0.1, 0.15) is 5.56 Å². The van der Waals surface area contributed by atoms with Crippen LogP contribution in [0.15, 0.2) is 36.4 Å². The molecule has 0 aliphatic rings. The third kappa shape index (κ3) is 5.42. The van der Waals surface area contributed by atoms with Crippen molar-refractivity contribution in [2.75, 3.05) is 27.9 Å². The topological polar surface area (TPSA) is 66.0 Å². The SMILES string of the molecule is COc1cc(OC)c(CNC(=O)COc2ccc(I)cc2)c(OC)c1. The van der Waals surface area contributed by atoms with Crippen LogP contribution in [-0.4, -0.2) is 33.8 Å². The molecule has 134 valence electrons. The molecule has 0 aromatic heterocycles. The molecule has 1 N–H and O–H groups in total. The molecule has 0 fully saturated rings. The van der Waals surface area contributed by atoms with Gasteiger partial charge in [0.15, 0.2) is 6.61 Å². The molecule has 0 bridgehead atoms. The van der Waals surface area contributed by atoms with Gasteiger partial charge >= 0.3 is 0 Å². The maximum atomic E-state index is 12.0. The second-order valence-electron chi connectivity index (χ2n) is 5.03. The number of carbonyl (C=O) groups is 1. The second-order valence-corrected chi connectivity index (χ2v) is 6.28. The van der Waals surface area contributed by atoms with Crippen LogP contribution >= 0.6 is 22.6 Å². The Bertz CT molecular complexity index is 693. The summed E-state index contributed by atoms with van der Waals surface area (Å²) in [6.45, 7) is 0.187. The average Bonchev–Trinajstić information content (AvgIpc) is 2.65. The number of methoxy groups -OCH3 is 3. The molecule has 0 radical (unpaired) electrons. The summed E-state index contributed by atoms with van der Waals surface area (Å²) in [7, 11) is 4.68.